The highest BCUT2D eigenvalue weighted by Crippen LogP contribution is 2.36. The number of halogens is 3. The fraction of sp³-hybridized carbons (Fsp3) is 0.458. The normalized spacial score (nSPS) is 27.2. The smallest absolute Gasteiger partial charge is 0.441 e. The van der Waals surface area contributed by atoms with Crippen LogP contribution in [0.1, 0.15) is 32.8 Å². The van der Waals surface area contributed by atoms with Crippen LogP contribution in [0.2, 0.25) is 0 Å². The summed E-state index contributed by atoms with van der Waals surface area (Å²) in [5, 5.41) is 0. The van der Waals surface area contributed by atoms with Crippen molar-refractivity contribution < 1.29 is 27.4 Å². The largest absolute Gasteiger partial charge is 0.468 e. The third-order valence-corrected chi connectivity index (χ3v) is 5.66. The second-order valence-electron chi connectivity index (χ2n) is 7.80. The van der Waals surface area contributed by atoms with Crippen molar-refractivity contribution in [3.63, 3.8) is 0 Å². The van der Waals surface area contributed by atoms with Gasteiger partial charge in [0, 0.05) is 0 Å². The van der Waals surface area contributed by atoms with Gasteiger partial charge in [0.2, 0.25) is 6.29 Å². The molecule has 0 amide bonds. The molecular weight excluding hydrogens is 407 g/mol. The number of ether oxygens (including phenoxy) is 3. The molecule has 0 aliphatic carbocycles. The topological polar surface area (TPSA) is 40.0 Å². The number of hydrogen-bond acceptors (Lipinski definition) is 4. The van der Waals surface area contributed by atoms with Gasteiger partial charge in [-0.25, -0.2) is 4.99 Å². The van der Waals surface area contributed by atoms with Gasteiger partial charge < -0.3 is 14.2 Å². The summed E-state index contributed by atoms with van der Waals surface area (Å²) < 4.78 is 58.6. The van der Waals surface area contributed by atoms with E-state index in [-0.39, 0.29) is 30.2 Å². The molecule has 168 valence electrons. The molecule has 1 heterocycles. The van der Waals surface area contributed by atoms with E-state index in [1.54, 1.807) is 18.2 Å². The lowest BCUT2D eigenvalue weighted by molar-refractivity contribution is -0.264. The second-order valence-corrected chi connectivity index (χ2v) is 7.80. The van der Waals surface area contributed by atoms with Gasteiger partial charge >= 0.3 is 6.18 Å². The number of rotatable bonds is 6. The van der Waals surface area contributed by atoms with E-state index < -0.39 is 24.5 Å². The van der Waals surface area contributed by atoms with Crippen LogP contribution >= 0.6 is 0 Å². The molecule has 1 saturated heterocycles. The predicted molar refractivity (Wildman–Crippen MR) is 113 cm³/mol. The van der Waals surface area contributed by atoms with E-state index in [2.05, 4.69) is 4.99 Å². The molecule has 4 nitrogen and oxygen atoms in total. The lowest BCUT2D eigenvalue weighted by Gasteiger charge is -2.44. The van der Waals surface area contributed by atoms with Gasteiger partial charge in [-0.3, -0.25) is 0 Å². The lowest BCUT2D eigenvalue weighted by Crippen LogP contribution is -2.52. The van der Waals surface area contributed by atoms with Crippen molar-refractivity contribution in [3.8, 4) is 0 Å². The zero-order valence-electron chi connectivity index (χ0n) is 17.9. The third kappa shape index (κ3) is 6.08. The Morgan fingerprint density at radius 3 is 2.16 bits per heavy atom. The van der Waals surface area contributed by atoms with Crippen molar-refractivity contribution in [1.29, 1.82) is 0 Å². The van der Waals surface area contributed by atoms with Gasteiger partial charge in [0.1, 0.15) is 6.10 Å². The van der Waals surface area contributed by atoms with Crippen LogP contribution in [0.5, 0.6) is 0 Å². The molecule has 7 heteroatoms. The molecule has 2 aromatic carbocycles. The number of nitrogens with zero attached hydrogens (tertiary/aromatic N) is 1. The van der Waals surface area contributed by atoms with E-state index in [1.165, 1.54) is 12.1 Å². The van der Waals surface area contributed by atoms with E-state index in [4.69, 9.17) is 14.2 Å². The maximum absolute atomic E-state index is 13.7. The van der Waals surface area contributed by atoms with Crippen molar-refractivity contribution >= 4 is 11.6 Å². The zero-order valence-corrected chi connectivity index (χ0v) is 17.9. The molecule has 0 saturated carbocycles. The lowest BCUT2D eigenvalue weighted by atomic mass is 9.82. The van der Waals surface area contributed by atoms with Crippen LogP contribution < -0.4 is 0 Å². The number of benzene rings is 2. The monoisotopic (exact) mass is 435 g/mol. The molecular formula is C24H28F3NO3. The Morgan fingerprint density at radius 2 is 1.58 bits per heavy atom. The molecule has 0 spiro atoms. The Morgan fingerprint density at radius 1 is 0.968 bits per heavy atom. The van der Waals surface area contributed by atoms with E-state index in [0.29, 0.717) is 6.42 Å². The first-order chi connectivity index (χ1) is 14.8. The van der Waals surface area contributed by atoms with E-state index in [9.17, 15) is 13.2 Å². The second kappa shape index (κ2) is 10.3. The quantitative estimate of drug-likeness (QED) is 0.396. The average Bonchev–Trinajstić information content (AvgIpc) is 2.76. The molecule has 0 aromatic heterocycles. The fourth-order valence-electron chi connectivity index (χ4n) is 3.71. The molecule has 31 heavy (non-hydrogen) atoms. The summed E-state index contributed by atoms with van der Waals surface area (Å²) in [6.45, 7) is 6.18. The van der Waals surface area contributed by atoms with Crippen molar-refractivity contribution in [3.05, 3.63) is 66.2 Å². The van der Waals surface area contributed by atoms with Gasteiger partial charge in [0.15, 0.2) is 0 Å². The zero-order chi connectivity index (χ0) is 22.4. The van der Waals surface area contributed by atoms with Crippen LogP contribution in [0.15, 0.2) is 65.7 Å². The average molecular weight is 435 g/mol. The number of hydrogen-bond donors (Lipinski definition) is 0. The highest BCUT2D eigenvalue weighted by Gasteiger charge is 2.47. The Labute approximate surface area is 181 Å². The standard InChI is InChI=1S/C24H28F3NO3/c1-4-20-16(2)17(3)21(29-15-18-11-7-5-8-12-18)22(30-20)31-23(24(25,26)27)28-19-13-9-6-10-14-19/h5-14,16-17,20-22H,4,15H2,1-3H3/t16-,17-,20?,21?,22?/m0/s1. The first-order valence-electron chi connectivity index (χ1n) is 10.5. The Balaban J connectivity index is 1.86. The highest BCUT2D eigenvalue weighted by molar-refractivity contribution is 5.84. The van der Waals surface area contributed by atoms with Gasteiger partial charge in [-0.1, -0.05) is 69.3 Å². The van der Waals surface area contributed by atoms with Crippen molar-refractivity contribution in [2.75, 3.05) is 0 Å². The molecule has 2 aromatic rings. The first kappa shape index (κ1) is 23.3. The fourth-order valence-corrected chi connectivity index (χ4v) is 3.71. The van der Waals surface area contributed by atoms with Gasteiger partial charge in [-0.2, -0.15) is 13.2 Å². The first-order valence-corrected chi connectivity index (χ1v) is 10.5. The van der Waals surface area contributed by atoms with Crippen molar-refractivity contribution in [2.24, 2.45) is 16.8 Å². The van der Waals surface area contributed by atoms with E-state index in [1.807, 2.05) is 51.1 Å². The minimum atomic E-state index is -4.77. The number of alkyl halides is 3. The molecule has 0 bridgehead atoms. The maximum atomic E-state index is 13.7. The SMILES string of the molecule is CCC1OC(OC(=Nc2ccccc2)C(F)(F)F)C(OCc2ccccc2)[C@@H](C)[C@@H]1C. The highest BCUT2D eigenvalue weighted by atomic mass is 19.4. The van der Waals surface area contributed by atoms with Crippen LogP contribution in [-0.4, -0.2) is 30.6 Å². The Hall–Kier alpha value is -2.38. The van der Waals surface area contributed by atoms with Gasteiger partial charge in [-0.05, 0) is 36.0 Å². The minimum absolute atomic E-state index is 0.0707. The third-order valence-electron chi connectivity index (χ3n) is 5.66. The van der Waals surface area contributed by atoms with Gasteiger partial charge in [-0.15, -0.1) is 0 Å². The van der Waals surface area contributed by atoms with Crippen molar-refractivity contribution in [1.82, 2.24) is 0 Å². The summed E-state index contributed by atoms with van der Waals surface area (Å²) in [7, 11) is 0. The molecule has 3 unspecified atom stereocenters. The number of para-hydroxylation sites is 1. The number of aliphatic imine (C=N–C) groups is 1. The molecule has 1 aliphatic heterocycles. The van der Waals surface area contributed by atoms with E-state index in [0.717, 1.165) is 5.56 Å². The van der Waals surface area contributed by atoms with Crippen LogP contribution in [-0.2, 0) is 20.8 Å². The summed E-state index contributed by atoms with van der Waals surface area (Å²) in [5.41, 5.74) is 1.08. The van der Waals surface area contributed by atoms with E-state index >= 15 is 0 Å². The summed E-state index contributed by atoms with van der Waals surface area (Å²) in [6.07, 6.45) is -6.24. The molecule has 0 radical (unpaired) electrons. The van der Waals surface area contributed by atoms with Crippen LogP contribution in [0, 0.1) is 11.8 Å². The van der Waals surface area contributed by atoms with Gasteiger partial charge in [0.05, 0.1) is 18.4 Å². The molecule has 1 aliphatic rings. The predicted octanol–water partition coefficient (Wildman–Crippen LogP) is 6.29. The Bertz CT molecular complexity index is 842. The minimum Gasteiger partial charge on any atom is -0.441 e. The van der Waals surface area contributed by atoms with Crippen molar-refractivity contribution in [2.45, 2.75) is 58.5 Å². The van der Waals surface area contributed by atoms with Crippen LogP contribution in [0.4, 0.5) is 18.9 Å². The molecule has 5 atom stereocenters. The summed E-state index contributed by atoms with van der Waals surface area (Å²) in [6, 6.07) is 17.4. The molecule has 1 fully saturated rings. The maximum Gasteiger partial charge on any atom is 0.468 e. The van der Waals surface area contributed by atoms with Crippen LogP contribution in [0.3, 0.4) is 0 Å². The van der Waals surface area contributed by atoms with Crippen LogP contribution in [0.25, 0.3) is 0 Å². The molecule has 0 N–H and O–H groups in total. The summed E-state index contributed by atoms with van der Waals surface area (Å²) in [4.78, 5) is 3.71. The summed E-state index contributed by atoms with van der Waals surface area (Å²) >= 11 is 0. The van der Waals surface area contributed by atoms with Gasteiger partial charge in [0.25, 0.3) is 5.90 Å². The molecule has 3 rings (SSSR count). The Kier molecular flexibility index (Phi) is 7.73. The summed E-state index contributed by atoms with van der Waals surface area (Å²) in [5.74, 6) is -1.31.